The van der Waals surface area contributed by atoms with Gasteiger partial charge in [0.15, 0.2) is 11.6 Å². The van der Waals surface area contributed by atoms with Crippen molar-refractivity contribution in [3.63, 3.8) is 0 Å². The summed E-state index contributed by atoms with van der Waals surface area (Å²) in [7, 11) is 0. The number of hydrogen-bond acceptors (Lipinski definition) is 18. The number of likely N-dealkylation sites (tertiary alicyclic amines) is 1. The second-order valence-electron chi connectivity index (χ2n) is 19.8. The smallest absolute Gasteiger partial charge is 0.254 e. The minimum Gasteiger partial charge on any atom is -0.507 e. The highest BCUT2D eigenvalue weighted by molar-refractivity contribution is 7.13. The van der Waals surface area contributed by atoms with Crippen molar-refractivity contribution in [2.45, 2.75) is 76.7 Å². The van der Waals surface area contributed by atoms with E-state index < -0.39 is 18.1 Å². The van der Waals surface area contributed by atoms with E-state index in [0.29, 0.717) is 60.9 Å². The third-order valence-corrected chi connectivity index (χ3v) is 15.6. The van der Waals surface area contributed by atoms with Crippen LogP contribution in [0, 0.1) is 12.8 Å². The van der Waals surface area contributed by atoms with Crippen LogP contribution in [0.1, 0.15) is 56.0 Å². The first-order chi connectivity index (χ1) is 35.4. The lowest BCUT2D eigenvalue weighted by molar-refractivity contribution is -0.141. The molecule has 3 unspecified atom stereocenters. The summed E-state index contributed by atoms with van der Waals surface area (Å²) in [5.41, 5.74) is 14.3. The number of aryl methyl sites for hydroxylation is 1. The zero-order valence-corrected chi connectivity index (χ0v) is 42.4. The number of β-amino-alcohol motifs (C(OH)–C–C–N with tert-alkyl or cyclic N) is 1. The van der Waals surface area contributed by atoms with E-state index in [0.717, 1.165) is 91.7 Å². The van der Waals surface area contributed by atoms with Crippen LogP contribution < -0.4 is 30.3 Å². The highest BCUT2D eigenvalue weighted by Crippen LogP contribution is 2.40. The number of para-hydroxylation sites is 1. The minimum absolute atomic E-state index is 0.0575. The number of aromatic nitrogens is 5. The Morgan fingerprint density at radius 2 is 1.60 bits per heavy atom. The summed E-state index contributed by atoms with van der Waals surface area (Å²) < 4.78 is 18.0. The number of nitrogens with zero attached hydrogens (tertiary/aromatic N) is 10. The van der Waals surface area contributed by atoms with Crippen LogP contribution in [0.2, 0.25) is 0 Å². The number of amides is 2. The minimum atomic E-state index is -0.817. The first-order valence-corrected chi connectivity index (χ1v) is 26.2. The van der Waals surface area contributed by atoms with E-state index >= 15 is 0 Å². The van der Waals surface area contributed by atoms with E-state index in [4.69, 9.17) is 19.7 Å². The monoisotopic (exact) mass is 1010 g/mol. The lowest BCUT2D eigenvalue weighted by atomic mass is 9.91. The number of nitrogen functional groups attached to an aromatic ring is 1. The van der Waals surface area contributed by atoms with Crippen molar-refractivity contribution in [1.82, 2.24) is 45.3 Å². The van der Waals surface area contributed by atoms with Crippen LogP contribution in [0.4, 0.5) is 17.2 Å². The molecule has 0 aliphatic carbocycles. The average Bonchev–Trinajstić information content (AvgIpc) is 4.20. The highest BCUT2D eigenvalue weighted by Gasteiger charge is 2.44. The molecule has 73 heavy (non-hydrogen) atoms. The maximum atomic E-state index is 14.2. The van der Waals surface area contributed by atoms with E-state index in [9.17, 15) is 19.8 Å². The number of aliphatic hydroxyl groups excluding tert-OH is 1. The molecule has 4 aliphatic heterocycles. The molecule has 0 spiro atoms. The van der Waals surface area contributed by atoms with Crippen molar-refractivity contribution < 1.29 is 33.8 Å². The van der Waals surface area contributed by atoms with Gasteiger partial charge in [-0.05, 0) is 66.2 Å². The summed E-state index contributed by atoms with van der Waals surface area (Å²) in [6.07, 6.45) is 3.29. The Kier molecular flexibility index (Phi) is 15.0. The molecule has 8 heterocycles. The number of rotatable bonds is 18. The Morgan fingerprint density at radius 1 is 0.890 bits per heavy atom. The van der Waals surface area contributed by atoms with Gasteiger partial charge in [0.25, 0.3) is 5.88 Å². The highest BCUT2D eigenvalue weighted by atomic mass is 32.1. The fourth-order valence-electron chi connectivity index (χ4n) is 10.8. The van der Waals surface area contributed by atoms with Crippen molar-refractivity contribution in [2.24, 2.45) is 5.92 Å². The van der Waals surface area contributed by atoms with Crippen LogP contribution in [-0.4, -0.2) is 158 Å². The number of nitrogens with two attached hydrogens (primary N) is 1. The number of thiazole rings is 1. The lowest BCUT2D eigenvalue weighted by Gasteiger charge is -2.43. The van der Waals surface area contributed by atoms with Crippen molar-refractivity contribution in [1.29, 1.82) is 0 Å². The Balaban J connectivity index is 0.650. The molecule has 20 heteroatoms. The average molecular weight is 1010 g/mol. The molecule has 2 aromatic carbocycles. The largest absolute Gasteiger partial charge is 0.507 e. The molecule has 384 valence electrons. The molecule has 6 aromatic rings. The number of fused-ring (bicyclic) bond motifs is 2. The molecular weight excluding hydrogens is 949 g/mol. The molecule has 4 aliphatic rings. The number of benzene rings is 2. The summed E-state index contributed by atoms with van der Waals surface area (Å²) in [6.45, 7) is 13.7. The molecule has 4 aromatic heterocycles. The SMILES string of the molecule is Cc1ncsc1-c1ccc(CNC(=O)[C@@H]2C[C@@H](O)CN2C(=O)C(c2cc(OCCN3CCN(CCOc4cc(N5C6CCC5CN(c5cc(-c7ccccc7O)nnc5N)C6)ccn4)CC3)no2)C(C)C)cc1. The number of aromatic hydroxyl groups is 1. The number of aliphatic hydroxyl groups is 1. The number of hydrogen-bond donors (Lipinski definition) is 4. The third kappa shape index (κ3) is 11.2. The van der Waals surface area contributed by atoms with Gasteiger partial charge in [0.1, 0.15) is 30.9 Å². The number of nitrogens with one attached hydrogen (secondary N) is 1. The molecule has 0 saturated carbocycles. The molecule has 2 amide bonds. The number of ether oxygens (including phenoxy) is 2. The first kappa shape index (κ1) is 49.7. The van der Waals surface area contributed by atoms with Crippen molar-refractivity contribution in [2.75, 3.05) is 87.7 Å². The molecule has 4 saturated heterocycles. The molecule has 0 radical (unpaired) electrons. The number of phenolic OH excluding ortho intramolecular Hbond substituents is 1. The van der Waals surface area contributed by atoms with E-state index in [1.807, 2.05) is 74.9 Å². The predicted molar refractivity (Wildman–Crippen MR) is 277 cm³/mol. The Labute approximate surface area is 428 Å². The van der Waals surface area contributed by atoms with Gasteiger partial charge in [-0.1, -0.05) is 50.2 Å². The van der Waals surface area contributed by atoms with Gasteiger partial charge in [0.2, 0.25) is 17.7 Å². The molecule has 10 rings (SSSR count). The summed E-state index contributed by atoms with van der Waals surface area (Å²) in [5, 5.41) is 36.8. The molecule has 19 nitrogen and oxygen atoms in total. The van der Waals surface area contributed by atoms with Gasteiger partial charge < -0.3 is 50.0 Å². The van der Waals surface area contributed by atoms with Gasteiger partial charge in [-0.15, -0.1) is 21.5 Å². The zero-order chi connectivity index (χ0) is 50.6. The molecule has 2 bridgehead atoms. The van der Waals surface area contributed by atoms with Crippen LogP contribution >= 0.6 is 11.3 Å². The van der Waals surface area contributed by atoms with Gasteiger partial charge in [0, 0.05) is 114 Å². The number of carbonyl (C=O) groups excluding carboxylic acids is 2. The lowest BCUT2D eigenvalue weighted by Crippen LogP contribution is -2.54. The van der Waals surface area contributed by atoms with Crippen LogP contribution in [0.3, 0.4) is 0 Å². The summed E-state index contributed by atoms with van der Waals surface area (Å²) in [5.74, 6) is 0.321. The van der Waals surface area contributed by atoms with Crippen molar-refractivity contribution >= 4 is 40.3 Å². The molecule has 5 atom stereocenters. The topological polar surface area (TPSA) is 225 Å². The molecule has 5 N–H and O–H groups in total. The maximum Gasteiger partial charge on any atom is 0.254 e. The zero-order valence-electron chi connectivity index (χ0n) is 41.5. The first-order valence-electron chi connectivity index (χ1n) is 25.3. The number of pyridine rings is 1. The van der Waals surface area contributed by atoms with E-state index in [-0.39, 0.29) is 48.5 Å². The Bertz CT molecular complexity index is 2840. The van der Waals surface area contributed by atoms with Gasteiger partial charge in [-0.25, -0.2) is 9.97 Å². The van der Waals surface area contributed by atoms with Crippen molar-refractivity contribution in [3.05, 3.63) is 102 Å². The van der Waals surface area contributed by atoms with E-state index in [2.05, 4.69) is 62.4 Å². The van der Waals surface area contributed by atoms with Crippen LogP contribution in [-0.2, 0) is 16.1 Å². The fourth-order valence-corrected chi connectivity index (χ4v) is 11.6. The number of anilines is 3. The van der Waals surface area contributed by atoms with Gasteiger partial charge in [0.05, 0.1) is 33.6 Å². The maximum absolute atomic E-state index is 14.2. The number of carbonyl (C=O) groups is 2. The van der Waals surface area contributed by atoms with E-state index in [1.165, 1.54) is 4.90 Å². The summed E-state index contributed by atoms with van der Waals surface area (Å²) in [4.78, 5) is 48.7. The number of phenols is 1. The van der Waals surface area contributed by atoms with Crippen LogP contribution in [0.15, 0.2) is 89.0 Å². The summed E-state index contributed by atoms with van der Waals surface area (Å²) >= 11 is 1.59. The fraction of sp³-hybridized carbons (Fsp3) is 0.453. The second-order valence-corrected chi connectivity index (χ2v) is 20.7. The van der Waals surface area contributed by atoms with E-state index in [1.54, 1.807) is 29.5 Å². The standard InChI is InChI=1S/C53H64N12O7S/c1-33(2)49(53(69)64-31-40(66)25-44(64)52(68)56-28-35-8-10-36(11-9-35)50-34(3)57-32-73-50)46-27-48(60-72-46)71-23-21-62-18-16-61(17-19-62)20-22-70-47-24-37(14-15-55-47)65-38-12-13-39(65)30-63(29-38)43-26-42(58-59-51(43)54)41-6-4-5-7-45(41)67/h4-11,14-15,24,26-27,32-33,38-40,44,49,66-67H,12-13,16-23,25,28-31H2,1-3H3,(H2,54,59)(H,56,68)/t38?,39?,40-,44+,49?/m1/s1. The van der Waals surface area contributed by atoms with Crippen molar-refractivity contribution in [3.8, 4) is 39.2 Å². The van der Waals surface area contributed by atoms with Crippen LogP contribution in [0.5, 0.6) is 17.5 Å². The Hall–Kier alpha value is -6.87. The van der Waals surface area contributed by atoms with Gasteiger partial charge in [-0.2, -0.15) is 0 Å². The second kappa shape index (κ2) is 22.1. The Morgan fingerprint density at radius 3 is 2.29 bits per heavy atom. The normalized spacial score (nSPS) is 20.7. The van der Waals surface area contributed by atoms with Gasteiger partial charge in [-0.3, -0.25) is 19.4 Å². The number of piperazine rings is 2. The quantitative estimate of drug-likeness (QED) is 0.0869. The van der Waals surface area contributed by atoms with Gasteiger partial charge >= 0.3 is 0 Å². The van der Waals surface area contributed by atoms with Crippen LogP contribution in [0.25, 0.3) is 21.7 Å². The summed E-state index contributed by atoms with van der Waals surface area (Å²) in [6, 6.07) is 22.6. The molecular formula is C53H64N12O7S. The predicted octanol–water partition coefficient (Wildman–Crippen LogP) is 5.20. The molecule has 4 fully saturated rings. The third-order valence-electron chi connectivity index (χ3n) is 14.6.